The lowest BCUT2D eigenvalue weighted by Crippen LogP contribution is -2.44. The van der Waals surface area contributed by atoms with Crippen molar-refractivity contribution in [2.24, 2.45) is 0 Å². The van der Waals surface area contributed by atoms with Gasteiger partial charge in [-0.2, -0.15) is 0 Å². The van der Waals surface area contributed by atoms with Crippen LogP contribution in [-0.4, -0.2) is 31.8 Å². The first-order valence-electron chi connectivity index (χ1n) is 9.36. The highest BCUT2D eigenvalue weighted by molar-refractivity contribution is 8.00. The zero-order chi connectivity index (χ0) is 20.6. The van der Waals surface area contributed by atoms with Crippen LogP contribution < -0.4 is 10.9 Å². The fraction of sp³-hybridized carbons (Fsp3) is 0.238. The molecule has 0 bridgehead atoms. The molecule has 2 amide bonds. The first-order chi connectivity index (χ1) is 14.1. The van der Waals surface area contributed by atoms with Crippen molar-refractivity contribution in [3.63, 3.8) is 0 Å². The largest absolute Gasteiger partial charge is 0.306 e. The molecule has 7 nitrogen and oxygen atoms in total. The van der Waals surface area contributed by atoms with Gasteiger partial charge in [-0.05, 0) is 31.5 Å². The zero-order valence-corrected chi connectivity index (χ0v) is 17.1. The van der Waals surface area contributed by atoms with Gasteiger partial charge in [0, 0.05) is 18.5 Å². The Balaban J connectivity index is 1.59. The van der Waals surface area contributed by atoms with Gasteiger partial charge >= 0.3 is 0 Å². The summed E-state index contributed by atoms with van der Waals surface area (Å²) in [4.78, 5) is 24.4. The number of rotatable bonds is 7. The van der Waals surface area contributed by atoms with Gasteiger partial charge in [-0.25, -0.2) is 0 Å². The number of aromatic nitrogens is 3. The molecule has 3 rings (SSSR count). The summed E-state index contributed by atoms with van der Waals surface area (Å²) in [6, 6.07) is 18.8. The van der Waals surface area contributed by atoms with Crippen LogP contribution in [0.3, 0.4) is 0 Å². The molecule has 2 N–H and O–H groups in total. The number of hydrazine groups is 1. The Morgan fingerprint density at radius 2 is 1.66 bits per heavy atom. The molecule has 0 aliphatic rings. The van der Waals surface area contributed by atoms with Gasteiger partial charge in [-0.15, -0.1) is 10.2 Å². The molecular weight excluding hydrogens is 386 g/mol. The molecule has 0 unspecified atom stereocenters. The van der Waals surface area contributed by atoms with Crippen LogP contribution in [0.4, 0.5) is 0 Å². The Morgan fingerprint density at radius 3 is 2.31 bits per heavy atom. The van der Waals surface area contributed by atoms with E-state index in [0.29, 0.717) is 23.7 Å². The third kappa shape index (κ3) is 5.45. The molecule has 1 atom stereocenters. The summed E-state index contributed by atoms with van der Waals surface area (Å²) in [7, 11) is 0. The third-order valence-electron chi connectivity index (χ3n) is 4.30. The molecule has 2 aromatic carbocycles. The van der Waals surface area contributed by atoms with Crippen molar-refractivity contribution < 1.29 is 9.59 Å². The van der Waals surface area contributed by atoms with Crippen molar-refractivity contribution in [1.29, 1.82) is 0 Å². The Hall–Kier alpha value is -3.13. The van der Waals surface area contributed by atoms with E-state index in [-0.39, 0.29) is 11.8 Å². The number of amides is 2. The summed E-state index contributed by atoms with van der Waals surface area (Å²) >= 11 is 1.31. The highest BCUT2D eigenvalue weighted by atomic mass is 32.2. The molecular formula is C21H23N5O2S. The lowest BCUT2D eigenvalue weighted by atomic mass is 10.1. The fourth-order valence-corrected chi connectivity index (χ4v) is 3.66. The van der Waals surface area contributed by atoms with Gasteiger partial charge in [0.2, 0.25) is 0 Å². The SMILES string of the molecule is CCn1c(Cc2ccccc2)nnc1S[C@@H](C)C(=O)NNC(=O)c1ccccc1. The van der Waals surface area contributed by atoms with E-state index in [0.717, 1.165) is 11.4 Å². The van der Waals surface area contributed by atoms with Gasteiger partial charge < -0.3 is 4.57 Å². The Labute approximate surface area is 173 Å². The lowest BCUT2D eigenvalue weighted by molar-refractivity contribution is -0.121. The zero-order valence-electron chi connectivity index (χ0n) is 16.3. The number of benzene rings is 2. The third-order valence-corrected chi connectivity index (χ3v) is 5.38. The number of carbonyl (C=O) groups excluding carboxylic acids is 2. The highest BCUT2D eigenvalue weighted by Gasteiger charge is 2.20. The molecule has 0 spiro atoms. The van der Waals surface area contributed by atoms with Crippen LogP contribution in [0, 0.1) is 0 Å². The van der Waals surface area contributed by atoms with Crippen molar-refractivity contribution in [2.75, 3.05) is 0 Å². The second kappa shape index (κ2) is 9.88. The van der Waals surface area contributed by atoms with Crippen LogP contribution in [0.15, 0.2) is 65.8 Å². The normalized spacial score (nSPS) is 11.7. The van der Waals surface area contributed by atoms with Crippen LogP contribution >= 0.6 is 11.8 Å². The van der Waals surface area contributed by atoms with E-state index in [1.165, 1.54) is 11.8 Å². The molecule has 1 heterocycles. The minimum absolute atomic E-state index is 0.311. The maximum absolute atomic E-state index is 12.4. The van der Waals surface area contributed by atoms with Gasteiger partial charge in [0.15, 0.2) is 5.16 Å². The van der Waals surface area contributed by atoms with E-state index in [1.54, 1.807) is 31.2 Å². The van der Waals surface area contributed by atoms with Gasteiger partial charge in [0.05, 0.1) is 5.25 Å². The maximum atomic E-state index is 12.4. The first-order valence-corrected chi connectivity index (χ1v) is 10.2. The van der Waals surface area contributed by atoms with Crippen molar-refractivity contribution in [1.82, 2.24) is 25.6 Å². The summed E-state index contributed by atoms with van der Waals surface area (Å²) in [5, 5.41) is 8.78. The molecule has 0 saturated heterocycles. The number of hydrogen-bond donors (Lipinski definition) is 2. The molecule has 150 valence electrons. The summed E-state index contributed by atoms with van der Waals surface area (Å²) in [5.41, 5.74) is 6.54. The predicted molar refractivity (Wildman–Crippen MR) is 112 cm³/mol. The van der Waals surface area contributed by atoms with E-state index in [9.17, 15) is 9.59 Å². The van der Waals surface area contributed by atoms with Crippen molar-refractivity contribution >= 4 is 23.6 Å². The molecule has 1 aromatic heterocycles. The standard InChI is InChI=1S/C21H23N5O2S/c1-3-26-18(14-16-10-6-4-7-11-16)22-25-21(26)29-15(2)19(27)23-24-20(28)17-12-8-5-9-13-17/h4-13,15H,3,14H2,1-2H3,(H,23,27)(H,24,28)/t15-/m0/s1. The van der Waals surface area contributed by atoms with E-state index in [2.05, 4.69) is 21.0 Å². The topological polar surface area (TPSA) is 88.9 Å². The second-order valence-corrected chi connectivity index (χ2v) is 7.68. The number of thioether (sulfide) groups is 1. The average Bonchev–Trinajstić information content (AvgIpc) is 3.13. The second-order valence-electron chi connectivity index (χ2n) is 6.37. The van der Waals surface area contributed by atoms with Crippen LogP contribution in [0.25, 0.3) is 0 Å². The van der Waals surface area contributed by atoms with Gasteiger partial charge in [-0.3, -0.25) is 20.4 Å². The van der Waals surface area contributed by atoms with E-state index < -0.39 is 5.25 Å². The smallest absolute Gasteiger partial charge is 0.269 e. The molecule has 8 heteroatoms. The number of nitrogens with one attached hydrogen (secondary N) is 2. The number of carbonyl (C=O) groups is 2. The molecule has 0 aliphatic heterocycles. The van der Waals surface area contributed by atoms with Crippen LogP contribution in [-0.2, 0) is 17.8 Å². The maximum Gasteiger partial charge on any atom is 0.269 e. The van der Waals surface area contributed by atoms with Gasteiger partial charge in [0.1, 0.15) is 5.82 Å². The van der Waals surface area contributed by atoms with Crippen LogP contribution in [0.2, 0.25) is 0 Å². The average molecular weight is 410 g/mol. The monoisotopic (exact) mass is 409 g/mol. The van der Waals surface area contributed by atoms with E-state index >= 15 is 0 Å². The van der Waals surface area contributed by atoms with E-state index in [4.69, 9.17) is 0 Å². The first kappa shape index (κ1) is 20.6. The highest BCUT2D eigenvalue weighted by Crippen LogP contribution is 2.23. The van der Waals surface area contributed by atoms with Gasteiger partial charge in [0.25, 0.3) is 11.8 Å². The van der Waals surface area contributed by atoms with Crippen LogP contribution in [0.5, 0.6) is 0 Å². The minimum atomic E-state index is -0.454. The minimum Gasteiger partial charge on any atom is -0.306 e. The number of nitrogens with zero attached hydrogens (tertiary/aromatic N) is 3. The Kier molecular flexibility index (Phi) is 7.02. The summed E-state index contributed by atoms with van der Waals surface area (Å²) in [6.45, 7) is 4.49. The van der Waals surface area contributed by atoms with Crippen molar-refractivity contribution in [3.8, 4) is 0 Å². The summed E-state index contributed by atoms with van der Waals surface area (Å²) in [6.07, 6.45) is 0.677. The van der Waals surface area contributed by atoms with Crippen molar-refractivity contribution in [3.05, 3.63) is 77.6 Å². The summed E-state index contributed by atoms with van der Waals surface area (Å²) in [5.74, 6) is 0.179. The lowest BCUT2D eigenvalue weighted by Gasteiger charge is -2.13. The Bertz CT molecular complexity index is 960. The van der Waals surface area contributed by atoms with Crippen LogP contribution in [0.1, 0.15) is 35.6 Å². The van der Waals surface area contributed by atoms with Gasteiger partial charge in [-0.1, -0.05) is 60.3 Å². The number of hydrogen-bond acceptors (Lipinski definition) is 5. The Morgan fingerprint density at radius 1 is 1.00 bits per heavy atom. The summed E-state index contributed by atoms with van der Waals surface area (Å²) < 4.78 is 2.00. The predicted octanol–water partition coefficient (Wildman–Crippen LogP) is 2.83. The quantitative estimate of drug-likeness (QED) is 0.463. The fourth-order valence-electron chi connectivity index (χ4n) is 2.73. The molecule has 0 saturated carbocycles. The van der Waals surface area contributed by atoms with Crippen molar-refractivity contribution in [2.45, 2.75) is 37.2 Å². The molecule has 0 radical (unpaired) electrons. The molecule has 3 aromatic rings. The molecule has 0 fully saturated rings. The molecule has 0 aliphatic carbocycles. The molecule has 29 heavy (non-hydrogen) atoms. The van der Waals surface area contributed by atoms with E-state index in [1.807, 2.05) is 47.9 Å².